The Bertz CT molecular complexity index is 468. The van der Waals surface area contributed by atoms with Crippen LogP contribution in [-0.2, 0) is 0 Å². The zero-order valence-electron chi connectivity index (χ0n) is 14.0. The molecule has 6 atom stereocenters. The smallest absolute Gasteiger partial charge is 0.0910 e. The van der Waals surface area contributed by atoms with Crippen LogP contribution in [0.5, 0.6) is 0 Å². The molecule has 4 rings (SSSR count). The zero-order chi connectivity index (χ0) is 14.9. The van der Waals surface area contributed by atoms with Crippen molar-refractivity contribution >= 4 is 0 Å². The highest BCUT2D eigenvalue weighted by Crippen LogP contribution is 2.68. The lowest BCUT2D eigenvalue weighted by Gasteiger charge is -2.63. The van der Waals surface area contributed by atoms with E-state index < -0.39 is 5.60 Å². The van der Waals surface area contributed by atoms with Crippen molar-refractivity contribution in [3.05, 3.63) is 12.2 Å². The van der Waals surface area contributed by atoms with E-state index in [1.54, 1.807) is 0 Å². The maximum absolute atomic E-state index is 11.5. The predicted molar refractivity (Wildman–Crippen MR) is 86.9 cm³/mol. The molecule has 0 aromatic carbocycles. The fraction of sp³-hybridized carbons (Fsp3) is 0.900. The van der Waals surface area contributed by atoms with Gasteiger partial charge in [-0.1, -0.05) is 39.7 Å². The van der Waals surface area contributed by atoms with Gasteiger partial charge in [-0.3, -0.25) is 0 Å². The summed E-state index contributed by atoms with van der Waals surface area (Å²) in [5.74, 6) is 2.45. The van der Waals surface area contributed by atoms with Gasteiger partial charge in [-0.25, -0.2) is 0 Å². The monoisotopic (exact) mass is 288 g/mol. The van der Waals surface area contributed by atoms with E-state index in [-0.39, 0.29) is 5.41 Å². The standard InChI is InChI=1S/C20H32O/c1-14-13-15-16-7-6-9-18(16,2)12-8-17(15)19(3)10-4-5-11-20(14,19)21/h15-17,21H,1,4-13H2,2-3H3/t15-,16-,17-,18-,19+,20-/m0/s1. The van der Waals surface area contributed by atoms with Gasteiger partial charge in [-0.05, 0) is 73.7 Å². The van der Waals surface area contributed by atoms with Crippen molar-refractivity contribution in [2.75, 3.05) is 0 Å². The third-order valence-corrected chi connectivity index (χ3v) is 8.53. The minimum atomic E-state index is -0.557. The molecule has 1 heteroatoms. The molecule has 0 radical (unpaired) electrons. The van der Waals surface area contributed by atoms with Gasteiger partial charge in [0.25, 0.3) is 0 Å². The summed E-state index contributed by atoms with van der Waals surface area (Å²) < 4.78 is 0. The van der Waals surface area contributed by atoms with Gasteiger partial charge < -0.3 is 5.11 Å². The van der Waals surface area contributed by atoms with E-state index in [0.29, 0.717) is 5.41 Å². The Morgan fingerprint density at radius 1 is 0.952 bits per heavy atom. The third-order valence-electron chi connectivity index (χ3n) is 8.53. The van der Waals surface area contributed by atoms with Gasteiger partial charge in [0.05, 0.1) is 5.60 Å². The molecule has 0 aromatic rings. The first kappa shape index (κ1) is 14.3. The van der Waals surface area contributed by atoms with Gasteiger partial charge in [0.1, 0.15) is 0 Å². The molecule has 0 unspecified atom stereocenters. The van der Waals surface area contributed by atoms with E-state index in [2.05, 4.69) is 20.4 Å². The van der Waals surface area contributed by atoms with Gasteiger partial charge in [0.2, 0.25) is 0 Å². The molecule has 1 N–H and O–H groups in total. The van der Waals surface area contributed by atoms with Gasteiger partial charge in [-0.15, -0.1) is 0 Å². The molecule has 0 bridgehead atoms. The Labute approximate surface area is 130 Å². The van der Waals surface area contributed by atoms with E-state index in [1.807, 2.05) is 0 Å². The number of rotatable bonds is 0. The SMILES string of the molecule is C=C1C[C@H]2[C@@H]3CCC[C@@]3(C)CC[C@@H]2[C@@]2(C)CCCC[C@]12O. The second-order valence-corrected chi connectivity index (χ2v) is 9.25. The Balaban J connectivity index is 1.74. The van der Waals surface area contributed by atoms with E-state index in [0.717, 1.165) is 30.6 Å². The lowest BCUT2D eigenvalue weighted by Crippen LogP contribution is -2.61. The Kier molecular flexibility index (Phi) is 2.98. The van der Waals surface area contributed by atoms with Crippen molar-refractivity contribution in [2.45, 2.75) is 83.7 Å². The number of aliphatic hydroxyl groups is 1. The van der Waals surface area contributed by atoms with Crippen LogP contribution in [0.1, 0.15) is 78.1 Å². The Morgan fingerprint density at radius 2 is 1.71 bits per heavy atom. The van der Waals surface area contributed by atoms with Gasteiger partial charge >= 0.3 is 0 Å². The Hall–Kier alpha value is -0.300. The second-order valence-electron chi connectivity index (χ2n) is 9.25. The highest BCUT2D eigenvalue weighted by Gasteiger charge is 2.63. The van der Waals surface area contributed by atoms with Crippen LogP contribution in [0.4, 0.5) is 0 Å². The molecular weight excluding hydrogens is 256 g/mol. The van der Waals surface area contributed by atoms with E-state index >= 15 is 0 Å². The first-order chi connectivity index (χ1) is 9.91. The molecule has 21 heavy (non-hydrogen) atoms. The lowest BCUT2D eigenvalue weighted by atomic mass is 9.43. The molecule has 0 saturated heterocycles. The predicted octanol–water partition coefficient (Wildman–Crippen LogP) is 5.09. The average molecular weight is 288 g/mol. The summed E-state index contributed by atoms with van der Waals surface area (Å²) in [5.41, 5.74) is 1.33. The summed E-state index contributed by atoms with van der Waals surface area (Å²) in [6.45, 7) is 9.35. The summed E-state index contributed by atoms with van der Waals surface area (Å²) in [4.78, 5) is 0. The minimum absolute atomic E-state index is 0.106. The van der Waals surface area contributed by atoms with Crippen molar-refractivity contribution in [1.29, 1.82) is 0 Å². The molecule has 118 valence electrons. The van der Waals surface area contributed by atoms with Crippen LogP contribution >= 0.6 is 0 Å². The molecule has 4 aliphatic carbocycles. The topological polar surface area (TPSA) is 20.2 Å². The van der Waals surface area contributed by atoms with E-state index in [4.69, 9.17) is 0 Å². The van der Waals surface area contributed by atoms with Crippen LogP contribution in [0.25, 0.3) is 0 Å². The highest BCUT2D eigenvalue weighted by molar-refractivity contribution is 5.27. The van der Waals surface area contributed by atoms with Crippen LogP contribution in [0.15, 0.2) is 12.2 Å². The summed E-state index contributed by atoms with van der Waals surface area (Å²) in [6.07, 6.45) is 12.8. The third kappa shape index (κ3) is 1.68. The van der Waals surface area contributed by atoms with Gasteiger partial charge in [0, 0.05) is 5.41 Å². The fourth-order valence-corrected chi connectivity index (χ4v) is 7.25. The van der Waals surface area contributed by atoms with Crippen LogP contribution < -0.4 is 0 Å². The molecule has 0 spiro atoms. The molecule has 0 amide bonds. The Morgan fingerprint density at radius 3 is 2.52 bits per heavy atom. The zero-order valence-corrected chi connectivity index (χ0v) is 14.0. The second kappa shape index (κ2) is 4.37. The van der Waals surface area contributed by atoms with Crippen LogP contribution in [0, 0.1) is 28.6 Å². The summed E-state index contributed by atoms with van der Waals surface area (Å²) >= 11 is 0. The maximum atomic E-state index is 11.5. The number of fused-ring (bicyclic) bond motifs is 5. The first-order valence-corrected chi connectivity index (χ1v) is 9.31. The van der Waals surface area contributed by atoms with Crippen LogP contribution in [-0.4, -0.2) is 10.7 Å². The van der Waals surface area contributed by atoms with E-state index in [9.17, 15) is 5.11 Å². The average Bonchev–Trinajstić information content (AvgIpc) is 2.83. The summed E-state index contributed by atoms with van der Waals surface area (Å²) in [5, 5.41) is 11.5. The molecule has 4 fully saturated rings. The van der Waals surface area contributed by atoms with Crippen molar-refractivity contribution in [2.24, 2.45) is 28.6 Å². The molecule has 0 aromatic heterocycles. The van der Waals surface area contributed by atoms with Gasteiger partial charge in [0.15, 0.2) is 0 Å². The lowest BCUT2D eigenvalue weighted by molar-refractivity contribution is -0.171. The van der Waals surface area contributed by atoms with Gasteiger partial charge in [-0.2, -0.15) is 0 Å². The molecule has 4 saturated carbocycles. The van der Waals surface area contributed by atoms with E-state index in [1.165, 1.54) is 56.9 Å². The summed E-state index contributed by atoms with van der Waals surface area (Å²) in [7, 11) is 0. The fourth-order valence-electron chi connectivity index (χ4n) is 7.25. The molecule has 1 nitrogen and oxygen atoms in total. The number of hydrogen-bond donors (Lipinski definition) is 1. The molecular formula is C20H32O. The minimum Gasteiger partial charge on any atom is -0.385 e. The maximum Gasteiger partial charge on any atom is 0.0910 e. The van der Waals surface area contributed by atoms with Crippen molar-refractivity contribution in [3.8, 4) is 0 Å². The van der Waals surface area contributed by atoms with Crippen molar-refractivity contribution in [3.63, 3.8) is 0 Å². The largest absolute Gasteiger partial charge is 0.385 e. The molecule has 0 heterocycles. The van der Waals surface area contributed by atoms with Crippen molar-refractivity contribution < 1.29 is 5.11 Å². The highest BCUT2D eigenvalue weighted by atomic mass is 16.3. The summed E-state index contributed by atoms with van der Waals surface area (Å²) in [6, 6.07) is 0. The van der Waals surface area contributed by atoms with Crippen LogP contribution in [0.2, 0.25) is 0 Å². The quantitative estimate of drug-likeness (QED) is 0.616. The number of hydrogen-bond acceptors (Lipinski definition) is 1. The first-order valence-electron chi connectivity index (χ1n) is 9.31. The van der Waals surface area contributed by atoms with Crippen LogP contribution in [0.3, 0.4) is 0 Å². The molecule has 4 aliphatic rings. The normalized spacial score (nSPS) is 56.5. The molecule has 0 aliphatic heterocycles. The van der Waals surface area contributed by atoms with Crippen molar-refractivity contribution in [1.82, 2.24) is 0 Å².